The first-order valence-electron chi connectivity index (χ1n) is 10.9. The van der Waals surface area contributed by atoms with Crippen molar-refractivity contribution in [3.63, 3.8) is 0 Å². The largest absolute Gasteiger partial charge is 0.503 e. The second-order valence-electron chi connectivity index (χ2n) is 7.87. The number of rotatable bonds is 12. The highest BCUT2D eigenvalue weighted by atomic mass is 16.5. The molecule has 1 amide bonds. The van der Waals surface area contributed by atoms with E-state index in [1.807, 2.05) is 25.9 Å². The molecule has 1 N–H and O–H groups in total. The van der Waals surface area contributed by atoms with Crippen LogP contribution in [-0.4, -0.2) is 67.0 Å². The summed E-state index contributed by atoms with van der Waals surface area (Å²) in [5, 5.41) is 10.7. The minimum absolute atomic E-state index is 0.0120. The first-order chi connectivity index (χ1) is 15.9. The number of ketones is 1. The van der Waals surface area contributed by atoms with Crippen molar-refractivity contribution >= 4 is 11.7 Å². The SMILES string of the molecule is C=CCOc1ccc(C2C(C(=O)c3ccco3)=C(O)C(=O)N2CCCN(C)C)cc1OCC. The number of benzene rings is 1. The van der Waals surface area contributed by atoms with Gasteiger partial charge in [0, 0.05) is 6.54 Å². The fourth-order valence-corrected chi connectivity index (χ4v) is 3.79. The van der Waals surface area contributed by atoms with Crippen molar-refractivity contribution in [1.82, 2.24) is 9.80 Å². The van der Waals surface area contributed by atoms with E-state index in [1.165, 1.54) is 17.2 Å². The number of furan rings is 1. The highest BCUT2D eigenvalue weighted by molar-refractivity contribution is 6.15. The van der Waals surface area contributed by atoms with Gasteiger partial charge < -0.3 is 28.8 Å². The van der Waals surface area contributed by atoms with Crippen molar-refractivity contribution < 1.29 is 28.6 Å². The van der Waals surface area contributed by atoms with Crippen LogP contribution in [0.15, 0.2) is 65.0 Å². The van der Waals surface area contributed by atoms with Crippen LogP contribution in [0.5, 0.6) is 11.5 Å². The molecular weight excluding hydrogens is 424 g/mol. The van der Waals surface area contributed by atoms with Gasteiger partial charge in [0.05, 0.1) is 24.5 Å². The summed E-state index contributed by atoms with van der Waals surface area (Å²) in [6, 6.07) is 7.56. The monoisotopic (exact) mass is 454 g/mol. The molecule has 1 atom stereocenters. The van der Waals surface area contributed by atoms with Crippen molar-refractivity contribution in [3.05, 3.63) is 71.9 Å². The lowest BCUT2D eigenvalue weighted by Crippen LogP contribution is -2.33. The molecule has 0 saturated carbocycles. The van der Waals surface area contributed by atoms with Gasteiger partial charge in [-0.25, -0.2) is 0 Å². The second-order valence-corrected chi connectivity index (χ2v) is 7.87. The molecule has 1 aromatic carbocycles. The molecular formula is C25H30N2O6. The maximum absolute atomic E-state index is 13.2. The van der Waals surface area contributed by atoms with Gasteiger partial charge in [0.25, 0.3) is 5.91 Å². The van der Waals surface area contributed by atoms with Gasteiger partial charge in [0.15, 0.2) is 23.0 Å². The molecule has 0 radical (unpaired) electrons. The predicted octanol–water partition coefficient (Wildman–Crippen LogP) is 3.77. The Morgan fingerprint density at radius 3 is 2.70 bits per heavy atom. The molecule has 8 nitrogen and oxygen atoms in total. The second kappa shape index (κ2) is 10.9. The summed E-state index contributed by atoms with van der Waals surface area (Å²) < 4.78 is 16.7. The summed E-state index contributed by atoms with van der Waals surface area (Å²) in [5.74, 6) is -0.615. The number of carbonyl (C=O) groups excluding carboxylic acids is 2. The van der Waals surface area contributed by atoms with E-state index in [-0.39, 0.29) is 11.3 Å². The van der Waals surface area contributed by atoms with Crippen LogP contribution in [0.25, 0.3) is 0 Å². The molecule has 2 aromatic rings. The third kappa shape index (κ3) is 5.28. The van der Waals surface area contributed by atoms with Crippen molar-refractivity contribution in [2.24, 2.45) is 0 Å². The van der Waals surface area contributed by atoms with Crippen LogP contribution in [0.2, 0.25) is 0 Å². The van der Waals surface area contributed by atoms with Crippen molar-refractivity contribution in [2.45, 2.75) is 19.4 Å². The Bertz CT molecular complexity index is 1030. The van der Waals surface area contributed by atoms with Crippen LogP contribution < -0.4 is 9.47 Å². The Kier molecular flexibility index (Phi) is 7.95. The molecule has 0 spiro atoms. The van der Waals surface area contributed by atoms with E-state index >= 15 is 0 Å². The lowest BCUT2D eigenvalue weighted by atomic mass is 9.94. The number of hydrogen-bond acceptors (Lipinski definition) is 7. The van der Waals surface area contributed by atoms with E-state index in [9.17, 15) is 14.7 Å². The number of aliphatic hydroxyl groups is 1. The van der Waals surface area contributed by atoms with Crippen LogP contribution in [0.3, 0.4) is 0 Å². The Balaban J connectivity index is 2.04. The zero-order chi connectivity index (χ0) is 24.0. The quantitative estimate of drug-likeness (QED) is 0.385. The maximum Gasteiger partial charge on any atom is 0.290 e. The topological polar surface area (TPSA) is 92.5 Å². The van der Waals surface area contributed by atoms with Crippen LogP contribution >= 0.6 is 0 Å². The molecule has 1 aromatic heterocycles. The van der Waals surface area contributed by atoms with Gasteiger partial charge in [-0.1, -0.05) is 18.7 Å². The molecule has 0 bridgehead atoms. The van der Waals surface area contributed by atoms with E-state index in [0.29, 0.717) is 43.2 Å². The predicted molar refractivity (Wildman–Crippen MR) is 124 cm³/mol. The van der Waals surface area contributed by atoms with Crippen LogP contribution in [-0.2, 0) is 4.79 Å². The lowest BCUT2D eigenvalue weighted by molar-refractivity contribution is -0.129. The zero-order valence-electron chi connectivity index (χ0n) is 19.2. The van der Waals surface area contributed by atoms with Gasteiger partial charge in [0.2, 0.25) is 5.78 Å². The smallest absolute Gasteiger partial charge is 0.290 e. The number of nitrogens with zero attached hydrogens (tertiary/aromatic N) is 2. The van der Waals surface area contributed by atoms with E-state index in [4.69, 9.17) is 13.9 Å². The van der Waals surface area contributed by atoms with Gasteiger partial charge in [-0.3, -0.25) is 9.59 Å². The van der Waals surface area contributed by atoms with Gasteiger partial charge >= 0.3 is 0 Å². The summed E-state index contributed by atoms with van der Waals surface area (Å²) in [6.45, 7) is 7.34. The normalized spacial score (nSPS) is 15.9. The summed E-state index contributed by atoms with van der Waals surface area (Å²) in [6.07, 6.45) is 3.68. The Morgan fingerprint density at radius 1 is 1.27 bits per heavy atom. The van der Waals surface area contributed by atoms with E-state index in [1.54, 1.807) is 30.3 Å². The Labute approximate surface area is 193 Å². The minimum Gasteiger partial charge on any atom is -0.503 e. The molecule has 8 heteroatoms. The highest BCUT2D eigenvalue weighted by Gasteiger charge is 2.44. The van der Waals surface area contributed by atoms with Crippen LogP contribution in [0.4, 0.5) is 0 Å². The summed E-state index contributed by atoms with van der Waals surface area (Å²) in [5.41, 5.74) is 0.614. The molecule has 1 aliphatic rings. The number of ether oxygens (including phenoxy) is 2. The number of aliphatic hydroxyl groups excluding tert-OH is 1. The van der Waals surface area contributed by atoms with Gasteiger partial charge in [-0.15, -0.1) is 0 Å². The van der Waals surface area contributed by atoms with Gasteiger partial charge in [-0.05, 0) is 63.8 Å². The average Bonchev–Trinajstić information content (AvgIpc) is 3.41. The zero-order valence-corrected chi connectivity index (χ0v) is 19.2. The Morgan fingerprint density at radius 2 is 2.06 bits per heavy atom. The van der Waals surface area contributed by atoms with E-state index < -0.39 is 23.5 Å². The summed E-state index contributed by atoms with van der Waals surface area (Å²) >= 11 is 0. The first-order valence-corrected chi connectivity index (χ1v) is 10.9. The number of carbonyl (C=O) groups is 2. The molecule has 33 heavy (non-hydrogen) atoms. The number of amides is 1. The standard InChI is InChI=1S/C25H30N2O6/c1-5-14-32-18-11-10-17(16-20(18)31-6-2)22-21(23(28)19-9-7-15-33-19)24(29)25(30)27(22)13-8-12-26(3)4/h5,7,9-11,15-16,22,29H,1,6,8,12-14H2,2-4H3. The van der Waals surface area contributed by atoms with Crippen LogP contribution in [0.1, 0.15) is 35.5 Å². The lowest BCUT2D eigenvalue weighted by Gasteiger charge is -2.27. The molecule has 0 saturated heterocycles. The third-order valence-corrected chi connectivity index (χ3v) is 5.24. The first kappa shape index (κ1) is 24.1. The maximum atomic E-state index is 13.2. The van der Waals surface area contributed by atoms with Crippen molar-refractivity contribution in [3.8, 4) is 11.5 Å². The third-order valence-electron chi connectivity index (χ3n) is 5.24. The summed E-state index contributed by atoms with van der Waals surface area (Å²) in [4.78, 5) is 29.8. The molecule has 1 aliphatic heterocycles. The van der Waals surface area contributed by atoms with E-state index in [0.717, 1.165) is 6.54 Å². The summed E-state index contributed by atoms with van der Waals surface area (Å²) in [7, 11) is 3.89. The fraction of sp³-hybridized carbons (Fsp3) is 0.360. The van der Waals surface area contributed by atoms with Crippen molar-refractivity contribution in [1.29, 1.82) is 0 Å². The molecule has 3 rings (SSSR count). The molecule has 0 aliphatic carbocycles. The Hall–Kier alpha value is -3.52. The van der Waals surface area contributed by atoms with Gasteiger partial charge in [0.1, 0.15) is 6.61 Å². The van der Waals surface area contributed by atoms with Crippen LogP contribution in [0, 0.1) is 0 Å². The average molecular weight is 455 g/mol. The van der Waals surface area contributed by atoms with Crippen molar-refractivity contribution in [2.75, 3.05) is 40.4 Å². The van der Waals surface area contributed by atoms with Gasteiger partial charge in [-0.2, -0.15) is 0 Å². The number of hydrogen-bond donors (Lipinski definition) is 1. The molecule has 0 fully saturated rings. The molecule has 1 unspecified atom stereocenters. The number of Topliss-reactive ketones (excluding diaryl/α,β-unsaturated/α-hetero) is 1. The fourth-order valence-electron chi connectivity index (χ4n) is 3.79. The molecule has 176 valence electrons. The van der Waals surface area contributed by atoms with E-state index in [2.05, 4.69) is 6.58 Å². The molecule has 2 heterocycles. The highest BCUT2D eigenvalue weighted by Crippen LogP contribution is 2.41. The minimum atomic E-state index is -0.787.